The molecule has 1 saturated heterocycles. The lowest BCUT2D eigenvalue weighted by Gasteiger charge is -2.26. The maximum Gasteiger partial charge on any atom is 0.410 e. The van der Waals surface area contributed by atoms with Crippen molar-refractivity contribution in [1.82, 2.24) is 9.80 Å². The number of nitrogens with two attached hydrogens (primary N) is 1. The van der Waals surface area contributed by atoms with E-state index in [0.717, 1.165) is 51.3 Å². The van der Waals surface area contributed by atoms with Gasteiger partial charge in [0, 0.05) is 31.9 Å². The largest absolute Gasteiger partial charge is 0.444 e. The molecule has 0 radical (unpaired) electrons. The summed E-state index contributed by atoms with van der Waals surface area (Å²) in [4.78, 5) is 16.4. The van der Waals surface area contributed by atoms with Gasteiger partial charge >= 0.3 is 6.09 Å². The standard InChI is InChI=1S/C18H29N3O2/c1-18(2,3)23-17(22)21-11-6-10-20(13-14-21)12-9-15-7-4-5-8-16(15)19/h4-5,7-8H,6,9-14,19H2,1-3H3. The molecule has 23 heavy (non-hydrogen) atoms. The molecule has 0 aliphatic carbocycles. The van der Waals surface area contributed by atoms with E-state index in [4.69, 9.17) is 10.5 Å². The second-order valence-corrected chi connectivity index (χ2v) is 7.11. The van der Waals surface area contributed by atoms with E-state index in [1.54, 1.807) is 0 Å². The van der Waals surface area contributed by atoms with E-state index in [2.05, 4.69) is 11.0 Å². The summed E-state index contributed by atoms with van der Waals surface area (Å²) in [6.07, 6.45) is 1.72. The molecule has 5 nitrogen and oxygen atoms in total. The second kappa shape index (κ2) is 7.68. The third-order valence-corrected chi connectivity index (χ3v) is 3.99. The van der Waals surface area contributed by atoms with Crippen LogP contribution in [0.25, 0.3) is 0 Å². The zero-order valence-corrected chi connectivity index (χ0v) is 14.5. The van der Waals surface area contributed by atoms with Crippen LogP contribution in [-0.2, 0) is 11.2 Å². The summed E-state index contributed by atoms with van der Waals surface area (Å²) in [5.74, 6) is 0. The first-order valence-corrected chi connectivity index (χ1v) is 8.39. The zero-order chi connectivity index (χ0) is 16.9. The molecule has 0 spiro atoms. The molecule has 0 bridgehead atoms. The number of carbonyl (C=O) groups excluding carboxylic acids is 1. The number of benzene rings is 1. The Morgan fingerprint density at radius 1 is 1.17 bits per heavy atom. The van der Waals surface area contributed by atoms with Crippen molar-refractivity contribution in [2.75, 3.05) is 38.5 Å². The van der Waals surface area contributed by atoms with Gasteiger partial charge in [0.25, 0.3) is 0 Å². The fourth-order valence-corrected chi connectivity index (χ4v) is 2.74. The van der Waals surface area contributed by atoms with Gasteiger partial charge in [-0.15, -0.1) is 0 Å². The first-order chi connectivity index (χ1) is 10.8. The molecule has 1 amide bonds. The summed E-state index contributed by atoms with van der Waals surface area (Å²) in [5, 5.41) is 0. The van der Waals surface area contributed by atoms with Gasteiger partial charge in [-0.2, -0.15) is 0 Å². The highest BCUT2D eigenvalue weighted by atomic mass is 16.6. The third-order valence-electron chi connectivity index (χ3n) is 3.99. The molecule has 2 N–H and O–H groups in total. The molecule has 2 rings (SSSR count). The van der Waals surface area contributed by atoms with Gasteiger partial charge in [0.1, 0.15) is 5.60 Å². The first-order valence-electron chi connectivity index (χ1n) is 8.39. The van der Waals surface area contributed by atoms with Crippen molar-refractivity contribution in [2.45, 2.75) is 39.2 Å². The zero-order valence-electron chi connectivity index (χ0n) is 14.5. The lowest BCUT2D eigenvalue weighted by atomic mass is 10.1. The first kappa shape index (κ1) is 17.6. The number of nitrogen functional groups attached to an aromatic ring is 1. The second-order valence-electron chi connectivity index (χ2n) is 7.11. The van der Waals surface area contributed by atoms with Crippen molar-refractivity contribution in [1.29, 1.82) is 0 Å². The van der Waals surface area contributed by atoms with Crippen molar-refractivity contribution in [3.05, 3.63) is 29.8 Å². The van der Waals surface area contributed by atoms with E-state index < -0.39 is 5.60 Å². The lowest BCUT2D eigenvalue weighted by Crippen LogP contribution is -2.39. The Hall–Kier alpha value is -1.75. The van der Waals surface area contributed by atoms with Crippen LogP contribution in [0.3, 0.4) is 0 Å². The van der Waals surface area contributed by atoms with Gasteiger partial charge in [-0.3, -0.25) is 0 Å². The van der Waals surface area contributed by atoms with Crippen LogP contribution in [0.4, 0.5) is 10.5 Å². The molecule has 1 aliphatic heterocycles. The Morgan fingerprint density at radius 3 is 2.61 bits per heavy atom. The Morgan fingerprint density at radius 2 is 1.91 bits per heavy atom. The molecule has 0 unspecified atom stereocenters. The predicted octanol–water partition coefficient (Wildman–Crippen LogP) is 2.75. The summed E-state index contributed by atoms with van der Waals surface area (Å²) < 4.78 is 5.46. The van der Waals surface area contributed by atoms with Gasteiger partial charge in [0.05, 0.1) is 0 Å². The van der Waals surface area contributed by atoms with E-state index in [9.17, 15) is 4.79 Å². The summed E-state index contributed by atoms with van der Waals surface area (Å²) in [6.45, 7) is 10.0. The van der Waals surface area contributed by atoms with Gasteiger partial charge in [0.15, 0.2) is 0 Å². The van der Waals surface area contributed by atoms with Crippen LogP contribution in [0.5, 0.6) is 0 Å². The van der Waals surface area contributed by atoms with E-state index in [1.165, 1.54) is 5.56 Å². The predicted molar refractivity (Wildman–Crippen MR) is 93.4 cm³/mol. The number of amides is 1. The quantitative estimate of drug-likeness (QED) is 0.870. The maximum absolute atomic E-state index is 12.2. The summed E-state index contributed by atoms with van der Waals surface area (Å²) in [6, 6.07) is 8.02. The maximum atomic E-state index is 12.2. The molecular weight excluding hydrogens is 290 g/mol. The van der Waals surface area contributed by atoms with Crippen LogP contribution < -0.4 is 5.73 Å². The molecule has 1 aliphatic rings. The van der Waals surface area contributed by atoms with Gasteiger partial charge in [0.2, 0.25) is 0 Å². The number of rotatable bonds is 3. The minimum absolute atomic E-state index is 0.202. The smallest absolute Gasteiger partial charge is 0.410 e. The monoisotopic (exact) mass is 319 g/mol. The number of carbonyl (C=O) groups is 1. The average Bonchev–Trinajstić information content (AvgIpc) is 2.70. The van der Waals surface area contributed by atoms with E-state index in [-0.39, 0.29) is 6.09 Å². The summed E-state index contributed by atoms with van der Waals surface area (Å²) in [5.41, 5.74) is 7.62. The number of nitrogens with zero attached hydrogens (tertiary/aromatic N) is 2. The highest BCUT2D eigenvalue weighted by Crippen LogP contribution is 2.14. The Labute approximate surface area is 139 Å². The number of para-hydroxylation sites is 1. The van der Waals surface area contributed by atoms with Gasteiger partial charge in [-0.1, -0.05) is 18.2 Å². The van der Waals surface area contributed by atoms with Gasteiger partial charge in [-0.25, -0.2) is 4.79 Å². The van der Waals surface area contributed by atoms with Crippen molar-refractivity contribution in [3.8, 4) is 0 Å². The van der Waals surface area contributed by atoms with Crippen molar-refractivity contribution < 1.29 is 9.53 Å². The molecule has 1 fully saturated rings. The molecule has 5 heteroatoms. The van der Waals surface area contributed by atoms with Crippen LogP contribution >= 0.6 is 0 Å². The Bertz CT molecular complexity index is 525. The highest BCUT2D eigenvalue weighted by Gasteiger charge is 2.24. The number of anilines is 1. The van der Waals surface area contributed by atoms with Crippen molar-refractivity contribution in [3.63, 3.8) is 0 Å². The average molecular weight is 319 g/mol. The fourth-order valence-electron chi connectivity index (χ4n) is 2.74. The molecular formula is C18H29N3O2. The molecule has 1 aromatic carbocycles. The minimum Gasteiger partial charge on any atom is -0.444 e. The van der Waals surface area contributed by atoms with Crippen LogP contribution in [0.15, 0.2) is 24.3 Å². The summed E-state index contributed by atoms with van der Waals surface area (Å²) >= 11 is 0. The SMILES string of the molecule is CC(C)(C)OC(=O)N1CCCN(CCc2ccccc2N)CC1. The number of ether oxygens (including phenoxy) is 1. The molecule has 1 heterocycles. The van der Waals surface area contributed by atoms with Crippen LogP contribution in [0.1, 0.15) is 32.8 Å². The van der Waals surface area contributed by atoms with E-state index in [0.29, 0.717) is 0 Å². The normalized spacial score (nSPS) is 16.9. The number of hydrogen-bond donors (Lipinski definition) is 1. The molecule has 1 aromatic rings. The van der Waals surface area contributed by atoms with E-state index >= 15 is 0 Å². The lowest BCUT2D eigenvalue weighted by molar-refractivity contribution is 0.0258. The topological polar surface area (TPSA) is 58.8 Å². The van der Waals surface area contributed by atoms with Crippen LogP contribution in [0, 0.1) is 0 Å². The van der Waals surface area contributed by atoms with Crippen molar-refractivity contribution in [2.24, 2.45) is 0 Å². The Balaban J connectivity index is 1.82. The minimum atomic E-state index is -0.437. The van der Waals surface area contributed by atoms with Crippen LogP contribution in [-0.4, -0.2) is 54.2 Å². The van der Waals surface area contributed by atoms with Gasteiger partial charge in [-0.05, 0) is 51.8 Å². The third kappa shape index (κ3) is 5.75. The van der Waals surface area contributed by atoms with E-state index in [1.807, 2.05) is 43.9 Å². The van der Waals surface area contributed by atoms with Crippen molar-refractivity contribution >= 4 is 11.8 Å². The molecule has 128 valence electrons. The molecule has 0 atom stereocenters. The molecule has 0 aromatic heterocycles. The Kier molecular flexibility index (Phi) is 5.88. The highest BCUT2D eigenvalue weighted by molar-refractivity contribution is 5.68. The van der Waals surface area contributed by atoms with Crippen LogP contribution in [0.2, 0.25) is 0 Å². The number of hydrogen-bond acceptors (Lipinski definition) is 4. The summed E-state index contributed by atoms with van der Waals surface area (Å²) in [7, 11) is 0. The van der Waals surface area contributed by atoms with Gasteiger partial charge < -0.3 is 20.3 Å². The molecule has 0 saturated carbocycles. The fraction of sp³-hybridized carbons (Fsp3) is 0.611.